The second-order valence-electron chi connectivity index (χ2n) is 0.383. The van der Waals surface area contributed by atoms with Gasteiger partial charge in [0.05, 0.1) is 0 Å². The molecule has 0 saturated carbocycles. The zero-order valence-electron chi connectivity index (χ0n) is 2.44. The Morgan fingerprint density at radius 3 is 1.17 bits per heavy atom. The van der Waals surface area contributed by atoms with Gasteiger partial charge in [-0.2, -0.15) is 0 Å². The standard InChI is InChI=1S/Fe.Ir.3H2O.O/h;;3*1H2;/q;+3;;;;/p-3. The van der Waals surface area contributed by atoms with Crippen molar-refractivity contribution in [3.63, 3.8) is 0 Å². The van der Waals surface area contributed by atoms with Crippen molar-refractivity contribution in [2.24, 2.45) is 0 Å². The maximum absolute atomic E-state index is 8.96. The van der Waals surface area contributed by atoms with E-state index >= 15 is 0 Å². The molecule has 44 valence electrons. The molecule has 0 aromatic heterocycles. The third-order valence-corrected chi connectivity index (χ3v) is 0. The molecule has 0 aliphatic heterocycles. The van der Waals surface area contributed by atoms with E-state index in [0.717, 1.165) is 0 Å². The van der Waals surface area contributed by atoms with E-state index in [2.05, 4.69) is 0 Å². The number of rotatable bonds is 0. The van der Waals surface area contributed by atoms with Crippen LogP contribution in [-0.4, -0.2) is 11.6 Å². The van der Waals surface area contributed by atoms with Gasteiger partial charge in [0.25, 0.3) is 0 Å². The molecule has 0 fully saturated rings. The first-order valence-corrected chi connectivity index (χ1v) is 4.77. The zero-order valence-corrected chi connectivity index (χ0v) is 5.94. The van der Waals surface area contributed by atoms with Crippen LogP contribution in [0.2, 0.25) is 0 Å². The molecule has 0 amide bonds. The van der Waals surface area contributed by atoms with Gasteiger partial charge < -0.3 is 0 Å². The minimum absolute atomic E-state index is 0. The second-order valence-corrected chi connectivity index (χ2v) is 3.13. The van der Waals surface area contributed by atoms with E-state index in [0.29, 0.717) is 0 Å². The Hall–Kier alpha value is 0.849. The third kappa shape index (κ3) is 99.7. The molecule has 0 saturated heterocycles. The van der Waals surface area contributed by atoms with Gasteiger partial charge in [-0.25, -0.2) is 0 Å². The van der Waals surface area contributed by atoms with Crippen LogP contribution in [0.5, 0.6) is 0 Å². The van der Waals surface area contributed by atoms with Crippen molar-refractivity contribution in [1.82, 2.24) is 0 Å². The fourth-order valence-electron chi connectivity index (χ4n) is 0. The SMILES string of the molecule is [Fe].[O]=[Ir]([OH])([OH])[OH]. The van der Waals surface area contributed by atoms with Crippen LogP contribution in [0.15, 0.2) is 0 Å². The summed E-state index contributed by atoms with van der Waals surface area (Å²) in [7, 11) is 0. The molecule has 0 rings (SSSR count). The monoisotopic (exact) mass is 316 g/mol. The Balaban J connectivity index is 0. The maximum atomic E-state index is 8.96. The van der Waals surface area contributed by atoms with Gasteiger partial charge in [-0.1, -0.05) is 0 Å². The van der Waals surface area contributed by atoms with Gasteiger partial charge in [-0.3, -0.25) is 0 Å². The summed E-state index contributed by atoms with van der Waals surface area (Å²) in [6.45, 7) is 0. The van der Waals surface area contributed by atoms with E-state index in [1.165, 1.54) is 0 Å². The summed E-state index contributed by atoms with van der Waals surface area (Å²) in [5.41, 5.74) is 0. The van der Waals surface area contributed by atoms with Crippen LogP contribution in [0.4, 0.5) is 0 Å². The van der Waals surface area contributed by atoms with Gasteiger partial charge in [0.15, 0.2) is 0 Å². The van der Waals surface area contributed by atoms with Gasteiger partial charge in [0.2, 0.25) is 0 Å². The van der Waals surface area contributed by atoms with Crippen LogP contribution in [-0.2, 0) is 36.9 Å². The number of hydrogen-bond donors (Lipinski definition) is 3. The molecule has 0 bridgehead atoms. The van der Waals surface area contributed by atoms with Gasteiger partial charge >= 0.3 is 31.4 Å². The molecular formula is H3FeIrO4. The fraction of sp³-hybridized carbons (Fsp3) is 0. The average molecular weight is 315 g/mol. The van der Waals surface area contributed by atoms with Gasteiger partial charge in [0.1, 0.15) is 0 Å². The van der Waals surface area contributed by atoms with E-state index in [1.54, 1.807) is 0 Å². The molecule has 3 N–H and O–H groups in total. The first-order chi connectivity index (χ1) is 2.00. The molecule has 0 atom stereocenters. The van der Waals surface area contributed by atoms with E-state index in [1.807, 2.05) is 0 Å². The van der Waals surface area contributed by atoms with Gasteiger partial charge in [-0.15, -0.1) is 0 Å². The molecule has 0 aliphatic rings. The summed E-state index contributed by atoms with van der Waals surface area (Å²) in [6, 6.07) is 0. The van der Waals surface area contributed by atoms with E-state index < -0.39 is 16.3 Å². The van der Waals surface area contributed by atoms with Crippen molar-refractivity contribution in [2.45, 2.75) is 0 Å². The molecular weight excluding hydrogens is 312 g/mol. The first-order valence-electron chi connectivity index (χ1n) is 0.583. The van der Waals surface area contributed by atoms with Crippen LogP contribution < -0.4 is 0 Å². The molecule has 0 heterocycles. The van der Waals surface area contributed by atoms with Crippen molar-refractivity contribution >= 4 is 0 Å². The van der Waals surface area contributed by atoms with E-state index in [9.17, 15) is 0 Å². The second kappa shape index (κ2) is 2.93. The Labute approximate surface area is 48.8 Å². The molecule has 0 unspecified atom stereocenters. The molecule has 0 spiro atoms. The van der Waals surface area contributed by atoms with Crippen LogP contribution in [0, 0.1) is 0 Å². The zero-order chi connectivity index (χ0) is 4.50. The summed E-state index contributed by atoms with van der Waals surface area (Å²) in [5.74, 6) is 0. The van der Waals surface area contributed by atoms with Crippen molar-refractivity contribution in [1.29, 1.82) is 0 Å². The van der Waals surface area contributed by atoms with Crippen molar-refractivity contribution < 1.29 is 48.5 Å². The summed E-state index contributed by atoms with van der Waals surface area (Å²) in [4.78, 5) is 0. The summed E-state index contributed by atoms with van der Waals surface area (Å²) in [5, 5.41) is 0. The summed E-state index contributed by atoms with van der Waals surface area (Å²) < 4.78 is 30.8. The van der Waals surface area contributed by atoms with Crippen LogP contribution in [0.3, 0.4) is 0 Å². The molecule has 0 radical (unpaired) electrons. The van der Waals surface area contributed by atoms with Crippen molar-refractivity contribution in [2.75, 3.05) is 0 Å². The topological polar surface area (TPSA) is 77.8 Å². The Kier molecular flexibility index (Phi) is 4.87. The van der Waals surface area contributed by atoms with Crippen molar-refractivity contribution in [3.05, 3.63) is 0 Å². The van der Waals surface area contributed by atoms with Crippen LogP contribution >= 0.6 is 0 Å². The first kappa shape index (κ1) is 9.97. The van der Waals surface area contributed by atoms with Crippen LogP contribution in [0.25, 0.3) is 0 Å². The quantitative estimate of drug-likeness (QED) is 0.461. The Morgan fingerprint density at radius 1 is 1.17 bits per heavy atom. The predicted octanol–water partition coefficient (Wildman–Crippen LogP) is -1.79. The molecule has 4 nitrogen and oxygen atoms in total. The number of hydrogen-bond acceptors (Lipinski definition) is 1. The summed E-state index contributed by atoms with van der Waals surface area (Å²) in [6.07, 6.45) is 0. The Bertz CT molecular complexity index is 53.7. The molecule has 6 heteroatoms. The van der Waals surface area contributed by atoms with Gasteiger partial charge in [-0.05, 0) is 0 Å². The minimum atomic E-state index is -5.25. The molecule has 0 aromatic rings. The third-order valence-electron chi connectivity index (χ3n) is 0. The molecule has 0 aromatic carbocycles. The van der Waals surface area contributed by atoms with Crippen molar-refractivity contribution in [3.8, 4) is 0 Å². The molecule has 6 heavy (non-hydrogen) atoms. The fourth-order valence-corrected chi connectivity index (χ4v) is 0. The van der Waals surface area contributed by atoms with Crippen LogP contribution in [0.1, 0.15) is 0 Å². The van der Waals surface area contributed by atoms with E-state index in [4.69, 9.17) is 15.1 Å². The normalized spacial score (nSPS) is 12.5. The molecule has 0 aliphatic carbocycles. The van der Waals surface area contributed by atoms with E-state index in [-0.39, 0.29) is 17.1 Å². The Morgan fingerprint density at radius 2 is 1.17 bits per heavy atom. The average Bonchev–Trinajstić information content (AvgIpc) is 0.722. The summed E-state index contributed by atoms with van der Waals surface area (Å²) >= 11 is -5.25. The predicted molar refractivity (Wildman–Crippen MR) is 7.34 cm³/mol. The van der Waals surface area contributed by atoms with Gasteiger partial charge in [0, 0.05) is 17.1 Å².